The third kappa shape index (κ3) is 6.52. The highest BCUT2D eigenvalue weighted by Gasteiger charge is 2.06. The molecule has 0 atom stereocenters. The van der Waals surface area contributed by atoms with Crippen molar-refractivity contribution < 1.29 is 9.53 Å². The Hall–Kier alpha value is -1.62. The molecule has 0 saturated carbocycles. The number of carbonyl (C=O) groups is 1. The van der Waals surface area contributed by atoms with Crippen molar-refractivity contribution in [1.29, 1.82) is 0 Å². The third-order valence-corrected chi connectivity index (χ3v) is 2.86. The highest BCUT2D eigenvalue weighted by molar-refractivity contribution is 5.94. The quantitative estimate of drug-likeness (QED) is 0.681. The number of carbonyl (C=O) groups excluding carboxylic acids is 1. The van der Waals surface area contributed by atoms with E-state index in [9.17, 15) is 4.79 Å². The second kappa shape index (κ2) is 9.31. The standard InChI is InChI=1S/C15H25N3O2/c1-12(2)5-8-18-15(19)13-6-9-17-14(11-13)16-7-4-10-20-3/h6,9,11-12H,4-5,7-8,10H2,1-3H3,(H,16,17)(H,18,19). The summed E-state index contributed by atoms with van der Waals surface area (Å²) in [6, 6.07) is 3.50. The number of amides is 1. The van der Waals surface area contributed by atoms with Gasteiger partial charge in [-0.15, -0.1) is 0 Å². The van der Waals surface area contributed by atoms with Crippen molar-refractivity contribution in [1.82, 2.24) is 10.3 Å². The van der Waals surface area contributed by atoms with Gasteiger partial charge in [-0.05, 0) is 30.9 Å². The van der Waals surface area contributed by atoms with E-state index in [0.29, 0.717) is 24.6 Å². The predicted octanol–water partition coefficient (Wildman–Crippen LogP) is 2.31. The zero-order valence-electron chi connectivity index (χ0n) is 12.6. The van der Waals surface area contributed by atoms with E-state index in [2.05, 4.69) is 29.5 Å². The number of pyridine rings is 1. The highest BCUT2D eigenvalue weighted by atomic mass is 16.5. The number of hydrogen-bond donors (Lipinski definition) is 2. The number of ether oxygens (including phenoxy) is 1. The molecule has 1 rings (SSSR count). The molecule has 0 aromatic carbocycles. The van der Waals surface area contributed by atoms with Crippen LogP contribution in [0.4, 0.5) is 5.82 Å². The summed E-state index contributed by atoms with van der Waals surface area (Å²) >= 11 is 0. The van der Waals surface area contributed by atoms with Crippen LogP contribution >= 0.6 is 0 Å². The van der Waals surface area contributed by atoms with Crippen LogP contribution in [0, 0.1) is 5.92 Å². The molecule has 1 aromatic heterocycles. The number of aromatic nitrogens is 1. The smallest absolute Gasteiger partial charge is 0.251 e. The molecule has 0 aliphatic heterocycles. The van der Waals surface area contributed by atoms with Gasteiger partial charge in [-0.25, -0.2) is 4.98 Å². The summed E-state index contributed by atoms with van der Waals surface area (Å²) in [5, 5.41) is 6.10. The molecule has 0 aliphatic carbocycles. The Morgan fingerprint density at radius 2 is 2.20 bits per heavy atom. The summed E-state index contributed by atoms with van der Waals surface area (Å²) < 4.78 is 4.98. The van der Waals surface area contributed by atoms with Gasteiger partial charge < -0.3 is 15.4 Å². The van der Waals surface area contributed by atoms with Gasteiger partial charge in [0.15, 0.2) is 0 Å². The fraction of sp³-hybridized carbons (Fsp3) is 0.600. The summed E-state index contributed by atoms with van der Waals surface area (Å²) in [6.45, 7) is 6.47. The van der Waals surface area contributed by atoms with Gasteiger partial charge >= 0.3 is 0 Å². The number of anilines is 1. The fourth-order valence-electron chi connectivity index (χ4n) is 1.68. The SMILES string of the molecule is COCCCNc1cc(C(=O)NCCC(C)C)ccn1. The summed E-state index contributed by atoms with van der Waals surface area (Å²) in [5.41, 5.74) is 0.637. The molecule has 1 heterocycles. The Labute approximate surface area is 121 Å². The number of nitrogens with one attached hydrogen (secondary N) is 2. The van der Waals surface area contributed by atoms with Crippen LogP contribution in [0.3, 0.4) is 0 Å². The van der Waals surface area contributed by atoms with Crippen LogP contribution in [0.25, 0.3) is 0 Å². The Morgan fingerprint density at radius 1 is 1.40 bits per heavy atom. The van der Waals surface area contributed by atoms with E-state index < -0.39 is 0 Å². The van der Waals surface area contributed by atoms with Crippen molar-refractivity contribution in [3.63, 3.8) is 0 Å². The van der Waals surface area contributed by atoms with Gasteiger partial charge in [-0.3, -0.25) is 4.79 Å². The Balaban J connectivity index is 2.43. The molecule has 2 N–H and O–H groups in total. The predicted molar refractivity (Wildman–Crippen MR) is 81.0 cm³/mol. The van der Waals surface area contributed by atoms with Crippen molar-refractivity contribution in [3.05, 3.63) is 23.9 Å². The first-order valence-electron chi connectivity index (χ1n) is 7.10. The molecule has 0 saturated heterocycles. The fourth-order valence-corrected chi connectivity index (χ4v) is 1.68. The van der Waals surface area contributed by atoms with E-state index >= 15 is 0 Å². The van der Waals surface area contributed by atoms with Crippen LogP contribution in [0.2, 0.25) is 0 Å². The molecule has 0 aliphatic rings. The molecule has 0 radical (unpaired) electrons. The zero-order valence-corrected chi connectivity index (χ0v) is 12.6. The number of nitrogens with zero attached hydrogens (tertiary/aromatic N) is 1. The van der Waals surface area contributed by atoms with Crippen molar-refractivity contribution in [2.45, 2.75) is 26.7 Å². The average Bonchev–Trinajstić information content (AvgIpc) is 2.43. The summed E-state index contributed by atoms with van der Waals surface area (Å²) in [6.07, 6.45) is 3.54. The zero-order chi connectivity index (χ0) is 14.8. The minimum absolute atomic E-state index is 0.0482. The van der Waals surface area contributed by atoms with E-state index in [-0.39, 0.29) is 5.91 Å². The van der Waals surface area contributed by atoms with Crippen LogP contribution in [-0.2, 0) is 4.74 Å². The molecule has 20 heavy (non-hydrogen) atoms. The van der Waals surface area contributed by atoms with Crippen molar-refractivity contribution in [2.75, 3.05) is 32.1 Å². The minimum Gasteiger partial charge on any atom is -0.385 e. The van der Waals surface area contributed by atoms with E-state index in [0.717, 1.165) is 25.2 Å². The normalized spacial score (nSPS) is 10.6. The van der Waals surface area contributed by atoms with Crippen molar-refractivity contribution >= 4 is 11.7 Å². The van der Waals surface area contributed by atoms with Crippen molar-refractivity contribution in [2.24, 2.45) is 5.92 Å². The summed E-state index contributed by atoms with van der Waals surface area (Å²) in [4.78, 5) is 16.2. The second-order valence-corrected chi connectivity index (χ2v) is 5.14. The highest BCUT2D eigenvalue weighted by Crippen LogP contribution is 2.07. The van der Waals surface area contributed by atoms with Gasteiger partial charge in [0.05, 0.1) is 0 Å². The van der Waals surface area contributed by atoms with E-state index in [1.165, 1.54) is 0 Å². The van der Waals surface area contributed by atoms with Gasteiger partial charge in [0.25, 0.3) is 5.91 Å². The molecular weight excluding hydrogens is 254 g/mol. The van der Waals surface area contributed by atoms with Crippen LogP contribution in [0.1, 0.15) is 37.0 Å². The molecular formula is C15H25N3O2. The summed E-state index contributed by atoms with van der Waals surface area (Å²) in [5.74, 6) is 1.26. The molecule has 1 amide bonds. The molecule has 0 unspecified atom stereocenters. The minimum atomic E-state index is -0.0482. The lowest BCUT2D eigenvalue weighted by Crippen LogP contribution is -2.25. The van der Waals surface area contributed by atoms with Crippen LogP contribution in [0.15, 0.2) is 18.3 Å². The lowest BCUT2D eigenvalue weighted by atomic mass is 10.1. The average molecular weight is 279 g/mol. The monoisotopic (exact) mass is 279 g/mol. The number of hydrogen-bond acceptors (Lipinski definition) is 4. The molecule has 0 spiro atoms. The van der Waals surface area contributed by atoms with Gasteiger partial charge in [-0.1, -0.05) is 13.8 Å². The molecule has 112 valence electrons. The van der Waals surface area contributed by atoms with Gasteiger partial charge in [0, 0.05) is 38.6 Å². The molecule has 1 aromatic rings. The lowest BCUT2D eigenvalue weighted by molar-refractivity contribution is 0.0952. The van der Waals surface area contributed by atoms with Crippen LogP contribution < -0.4 is 10.6 Å². The maximum absolute atomic E-state index is 12.0. The van der Waals surface area contributed by atoms with Gasteiger partial charge in [0.2, 0.25) is 0 Å². The van der Waals surface area contributed by atoms with Gasteiger partial charge in [0.1, 0.15) is 5.82 Å². The van der Waals surface area contributed by atoms with Crippen molar-refractivity contribution in [3.8, 4) is 0 Å². The maximum Gasteiger partial charge on any atom is 0.251 e. The largest absolute Gasteiger partial charge is 0.385 e. The van der Waals surface area contributed by atoms with E-state index in [1.807, 2.05) is 0 Å². The first kappa shape index (κ1) is 16.4. The van der Waals surface area contributed by atoms with Crippen LogP contribution in [-0.4, -0.2) is 37.7 Å². The topological polar surface area (TPSA) is 63.2 Å². The molecule has 5 heteroatoms. The number of methoxy groups -OCH3 is 1. The molecule has 0 fully saturated rings. The first-order chi connectivity index (χ1) is 9.63. The van der Waals surface area contributed by atoms with E-state index in [1.54, 1.807) is 25.4 Å². The number of rotatable bonds is 9. The second-order valence-electron chi connectivity index (χ2n) is 5.14. The Bertz CT molecular complexity index is 408. The molecule has 0 bridgehead atoms. The first-order valence-corrected chi connectivity index (χ1v) is 7.10. The Kier molecular flexibility index (Phi) is 7.65. The Morgan fingerprint density at radius 3 is 2.90 bits per heavy atom. The van der Waals surface area contributed by atoms with Crippen LogP contribution in [0.5, 0.6) is 0 Å². The lowest BCUT2D eigenvalue weighted by Gasteiger charge is -2.09. The van der Waals surface area contributed by atoms with Gasteiger partial charge in [-0.2, -0.15) is 0 Å². The summed E-state index contributed by atoms with van der Waals surface area (Å²) in [7, 11) is 1.68. The molecule has 5 nitrogen and oxygen atoms in total. The maximum atomic E-state index is 12.0. The third-order valence-electron chi connectivity index (χ3n) is 2.86. The van der Waals surface area contributed by atoms with E-state index in [4.69, 9.17) is 4.74 Å².